The smallest absolute Gasteiger partial charge is 0.417 e. The number of benzene rings is 2. The molecular formula is C15H10Cl3F3N2O2. The van der Waals surface area contributed by atoms with Crippen LogP contribution in [-0.4, -0.2) is 12.8 Å². The fourth-order valence-corrected chi connectivity index (χ4v) is 2.45. The second-order valence-corrected chi connectivity index (χ2v) is 5.94. The SMILES string of the molecule is O=C(NCOc1ccc(Cl)cc1Cl)Nc1ccc(Cl)c(C(F)(F)F)c1. The molecular weight excluding hydrogens is 404 g/mol. The third-order valence-corrected chi connectivity index (χ3v) is 3.74. The number of hydrogen-bond acceptors (Lipinski definition) is 2. The highest BCUT2D eigenvalue weighted by molar-refractivity contribution is 6.35. The standard InChI is InChI=1S/C15H10Cl3F3N2O2/c16-8-1-4-13(12(18)5-8)25-7-22-14(24)23-9-2-3-11(17)10(6-9)15(19,20)21/h1-6H,7H2,(H2,22,23,24). The Kier molecular flexibility index (Phi) is 6.26. The third kappa shape index (κ3) is 5.59. The Morgan fingerprint density at radius 3 is 2.40 bits per heavy atom. The number of alkyl halides is 3. The molecule has 0 saturated carbocycles. The lowest BCUT2D eigenvalue weighted by molar-refractivity contribution is -0.137. The first-order valence-corrected chi connectivity index (χ1v) is 7.79. The highest BCUT2D eigenvalue weighted by atomic mass is 35.5. The van der Waals surface area contributed by atoms with E-state index in [1.54, 1.807) is 6.07 Å². The van der Waals surface area contributed by atoms with Gasteiger partial charge in [-0.15, -0.1) is 0 Å². The summed E-state index contributed by atoms with van der Waals surface area (Å²) >= 11 is 17.1. The minimum absolute atomic E-state index is 0.0706. The molecule has 0 saturated heterocycles. The molecule has 0 radical (unpaired) electrons. The van der Waals surface area contributed by atoms with Crippen molar-refractivity contribution in [3.05, 3.63) is 57.0 Å². The zero-order valence-corrected chi connectivity index (χ0v) is 14.5. The molecule has 10 heteroatoms. The number of hydrogen-bond donors (Lipinski definition) is 2. The van der Waals surface area contributed by atoms with E-state index >= 15 is 0 Å². The Hall–Kier alpha value is -1.83. The van der Waals surface area contributed by atoms with Crippen molar-refractivity contribution in [3.63, 3.8) is 0 Å². The average Bonchev–Trinajstić information content (AvgIpc) is 2.50. The number of carbonyl (C=O) groups is 1. The molecule has 0 aliphatic carbocycles. The predicted octanol–water partition coefficient (Wildman–Crippen LogP) is 5.82. The summed E-state index contributed by atoms with van der Waals surface area (Å²) in [5.41, 5.74) is -1.12. The van der Waals surface area contributed by atoms with Gasteiger partial charge in [0, 0.05) is 10.7 Å². The molecule has 2 aromatic rings. The lowest BCUT2D eigenvalue weighted by atomic mass is 10.2. The Morgan fingerprint density at radius 2 is 1.76 bits per heavy atom. The van der Waals surface area contributed by atoms with E-state index in [2.05, 4.69) is 10.6 Å². The first kappa shape index (κ1) is 19.5. The average molecular weight is 414 g/mol. The molecule has 25 heavy (non-hydrogen) atoms. The zero-order valence-electron chi connectivity index (χ0n) is 12.3. The van der Waals surface area contributed by atoms with Crippen LogP contribution in [0.5, 0.6) is 5.75 Å². The van der Waals surface area contributed by atoms with Crippen LogP contribution in [0.25, 0.3) is 0 Å². The number of halogens is 6. The summed E-state index contributed by atoms with van der Waals surface area (Å²) in [7, 11) is 0. The molecule has 2 aromatic carbocycles. The van der Waals surface area contributed by atoms with Crippen LogP contribution in [-0.2, 0) is 6.18 Å². The Labute approximate surface area is 155 Å². The van der Waals surface area contributed by atoms with Gasteiger partial charge in [-0.2, -0.15) is 13.2 Å². The molecule has 0 fully saturated rings. The van der Waals surface area contributed by atoms with Gasteiger partial charge in [-0.1, -0.05) is 34.8 Å². The fraction of sp³-hybridized carbons (Fsp3) is 0.133. The van der Waals surface area contributed by atoms with Gasteiger partial charge in [0.25, 0.3) is 0 Å². The number of rotatable bonds is 4. The first-order chi connectivity index (χ1) is 11.7. The minimum Gasteiger partial charge on any atom is -0.472 e. The molecule has 0 aromatic heterocycles. The molecule has 2 amide bonds. The summed E-state index contributed by atoms with van der Waals surface area (Å²) in [6.45, 7) is -0.257. The highest BCUT2D eigenvalue weighted by Crippen LogP contribution is 2.36. The van der Waals surface area contributed by atoms with Gasteiger partial charge < -0.3 is 15.4 Å². The van der Waals surface area contributed by atoms with E-state index in [4.69, 9.17) is 39.5 Å². The predicted molar refractivity (Wildman–Crippen MR) is 90.6 cm³/mol. The molecule has 0 aliphatic heterocycles. The summed E-state index contributed by atoms with van der Waals surface area (Å²) in [5.74, 6) is 0.289. The van der Waals surface area contributed by atoms with E-state index in [0.717, 1.165) is 12.1 Å². The topological polar surface area (TPSA) is 50.4 Å². The molecule has 0 atom stereocenters. The number of urea groups is 1. The molecule has 2 rings (SSSR count). The van der Waals surface area contributed by atoms with Crippen molar-refractivity contribution in [2.45, 2.75) is 6.18 Å². The van der Waals surface area contributed by atoms with Crippen LogP contribution in [0.1, 0.15) is 5.56 Å². The lowest BCUT2D eigenvalue weighted by Crippen LogP contribution is -2.32. The molecule has 0 bridgehead atoms. The second kappa shape index (κ2) is 8.03. The normalized spacial score (nSPS) is 11.1. The van der Waals surface area contributed by atoms with Gasteiger partial charge in [-0.3, -0.25) is 0 Å². The van der Waals surface area contributed by atoms with Crippen LogP contribution in [0.2, 0.25) is 15.1 Å². The molecule has 0 heterocycles. The van der Waals surface area contributed by atoms with Gasteiger partial charge in [0.05, 0.1) is 15.6 Å². The summed E-state index contributed by atoms with van der Waals surface area (Å²) in [6.07, 6.45) is -4.63. The van der Waals surface area contributed by atoms with Crippen molar-refractivity contribution in [2.24, 2.45) is 0 Å². The number of nitrogens with one attached hydrogen (secondary N) is 2. The molecule has 2 N–H and O–H groups in total. The van der Waals surface area contributed by atoms with E-state index in [1.165, 1.54) is 18.2 Å². The second-order valence-electron chi connectivity index (χ2n) is 4.69. The van der Waals surface area contributed by atoms with E-state index in [0.29, 0.717) is 5.02 Å². The van der Waals surface area contributed by atoms with Crippen LogP contribution < -0.4 is 15.4 Å². The van der Waals surface area contributed by atoms with Crippen molar-refractivity contribution < 1.29 is 22.7 Å². The summed E-state index contributed by atoms with van der Waals surface area (Å²) < 4.78 is 43.5. The molecule has 4 nitrogen and oxygen atoms in total. The van der Waals surface area contributed by atoms with E-state index in [9.17, 15) is 18.0 Å². The van der Waals surface area contributed by atoms with Gasteiger partial charge in [0.2, 0.25) is 0 Å². The van der Waals surface area contributed by atoms with Crippen LogP contribution in [0, 0.1) is 0 Å². The zero-order chi connectivity index (χ0) is 18.6. The number of anilines is 1. The lowest BCUT2D eigenvalue weighted by Gasteiger charge is -2.13. The molecule has 0 spiro atoms. The number of amides is 2. The van der Waals surface area contributed by atoms with Crippen molar-refractivity contribution in [1.82, 2.24) is 5.32 Å². The van der Waals surface area contributed by atoms with Crippen molar-refractivity contribution in [1.29, 1.82) is 0 Å². The maximum absolute atomic E-state index is 12.8. The van der Waals surface area contributed by atoms with Crippen LogP contribution in [0.4, 0.5) is 23.7 Å². The summed E-state index contributed by atoms with van der Waals surface area (Å²) in [6, 6.07) is 6.79. The quantitative estimate of drug-likeness (QED) is 0.620. The number of carbonyl (C=O) groups excluding carboxylic acids is 1. The van der Waals surface area contributed by atoms with E-state index in [-0.39, 0.29) is 23.2 Å². The van der Waals surface area contributed by atoms with E-state index in [1.807, 2.05) is 0 Å². The van der Waals surface area contributed by atoms with Crippen LogP contribution in [0.3, 0.4) is 0 Å². The van der Waals surface area contributed by atoms with Crippen molar-refractivity contribution >= 4 is 46.5 Å². The van der Waals surface area contributed by atoms with E-state index < -0.39 is 22.8 Å². The monoisotopic (exact) mass is 412 g/mol. The maximum atomic E-state index is 12.8. The molecule has 0 unspecified atom stereocenters. The number of ether oxygens (including phenoxy) is 1. The van der Waals surface area contributed by atoms with Gasteiger partial charge in [0.15, 0.2) is 6.73 Å². The Balaban J connectivity index is 1.92. The third-order valence-electron chi connectivity index (χ3n) is 2.88. The Morgan fingerprint density at radius 1 is 1.04 bits per heavy atom. The highest BCUT2D eigenvalue weighted by Gasteiger charge is 2.33. The minimum atomic E-state index is -4.63. The first-order valence-electron chi connectivity index (χ1n) is 6.66. The van der Waals surface area contributed by atoms with Crippen LogP contribution >= 0.6 is 34.8 Å². The summed E-state index contributed by atoms with van der Waals surface area (Å²) in [5, 5.41) is 4.78. The van der Waals surface area contributed by atoms with Crippen molar-refractivity contribution in [3.8, 4) is 5.75 Å². The van der Waals surface area contributed by atoms with Crippen LogP contribution in [0.15, 0.2) is 36.4 Å². The van der Waals surface area contributed by atoms with Gasteiger partial charge in [-0.25, -0.2) is 4.79 Å². The Bertz CT molecular complexity index is 785. The molecule has 0 aliphatic rings. The molecule has 134 valence electrons. The van der Waals surface area contributed by atoms with Gasteiger partial charge >= 0.3 is 12.2 Å². The largest absolute Gasteiger partial charge is 0.472 e. The summed E-state index contributed by atoms with van der Waals surface area (Å²) in [4.78, 5) is 11.7. The van der Waals surface area contributed by atoms with Gasteiger partial charge in [-0.05, 0) is 36.4 Å². The van der Waals surface area contributed by atoms with Gasteiger partial charge in [0.1, 0.15) is 5.75 Å². The fourth-order valence-electron chi connectivity index (χ4n) is 1.77. The maximum Gasteiger partial charge on any atom is 0.417 e. The van der Waals surface area contributed by atoms with Crippen molar-refractivity contribution in [2.75, 3.05) is 12.0 Å².